The van der Waals surface area contributed by atoms with Crippen molar-refractivity contribution in [2.45, 2.75) is 32.4 Å². The highest BCUT2D eigenvalue weighted by Gasteiger charge is 2.14. The van der Waals surface area contributed by atoms with Crippen molar-refractivity contribution in [3.8, 4) is 5.75 Å². The van der Waals surface area contributed by atoms with Crippen LogP contribution in [0.1, 0.15) is 31.9 Å². The maximum Gasteiger partial charge on any atom is 0.260 e. The summed E-state index contributed by atoms with van der Waals surface area (Å²) in [4.78, 5) is 11.7. The van der Waals surface area contributed by atoms with Crippen LogP contribution in [0.5, 0.6) is 5.75 Å². The van der Waals surface area contributed by atoms with E-state index in [1.165, 1.54) is 0 Å². The summed E-state index contributed by atoms with van der Waals surface area (Å²) in [7, 11) is 1.59. The number of nitrogens with one attached hydrogen (secondary N) is 1. The number of amides is 1. The van der Waals surface area contributed by atoms with Gasteiger partial charge in [0.15, 0.2) is 6.10 Å². The zero-order chi connectivity index (χ0) is 15.0. The summed E-state index contributed by atoms with van der Waals surface area (Å²) in [5.41, 5.74) is 7.01. The van der Waals surface area contributed by atoms with Crippen molar-refractivity contribution < 1.29 is 14.3 Å². The van der Waals surface area contributed by atoms with Gasteiger partial charge in [-0.15, -0.1) is 0 Å². The molecule has 0 aliphatic heterocycles. The van der Waals surface area contributed by atoms with E-state index in [1.54, 1.807) is 14.0 Å². The monoisotopic (exact) mass is 280 g/mol. The number of carbonyl (C=O) groups is 1. The molecule has 20 heavy (non-hydrogen) atoms. The molecule has 0 fully saturated rings. The zero-order valence-corrected chi connectivity index (χ0v) is 12.4. The summed E-state index contributed by atoms with van der Waals surface area (Å²) in [6, 6.07) is 7.57. The predicted octanol–water partition coefficient (Wildman–Crippen LogP) is 1.63. The van der Waals surface area contributed by atoms with Crippen LogP contribution in [0, 0.1) is 0 Å². The number of nitrogens with two attached hydrogens (primary N) is 1. The second-order valence-electron chi connectivity index (χ2n) is 4.63. The highest BCUT2D eigenvalue weighted by atomic mass is 16.5. The van der Waals surface area contributed by atoms with Crippen LogP contribution in [0.3, 0.4) is 0 Å². The van der Waals surface area contributed by atoms with Crippen LogP contribution < -0.4 is 15.8 Å². The standard InChI is InChI=1S/C15H24N2O3/c1-4-14(16)12-5-7-13(8-6-12)20-11(2)15(18)17-9-10-19-3/h5-8,11,14H,4,9-10,16H2,1-3H3,(H,17,18)/t11?,14-/m0/s1. The lowest BCUT2D eigenvalue weighted by Gasteiger charge is -2.15. The smallest absolute Gasteiger partial charge is 0.260 e. The molecule has 0 saturated heterocycles. The molecule has 0 spiro atoms. The van der Waals surface area contributed by atoms with Gasteiger partial charge in [-0.1, -0.05) is 19.1 Å². The summed E-state index contributed by atoms with van der Waals surface area (Å²) < 4.78 is 10.5. The van der Waals surface area contributed by atoms with E-state index in [0.717, 1.165) is 12.0 Å². The molecule has 1 amide bonds. The molecule has 2 atom stereocenters. The highest BCUT2D eigenvalue weighted by Crippen LogP contribution is 2.19. The van der Waals surface area contributed by atoms with Crippen molar-refractivity contribution >= 4 is 5.91 Å². The van der Waals surface area contributed by atoms with Gasteiger partial charge in [-0.2, -0.15) is 0 Å². The Hall–Kier alpha value is -1.59. The lowest BCUT2D eigenvalue weighted by Crippen LogP contribution is -2.37. The molecular formula is C15H24N2O3. The maximum absolute atomic E-state index is 11.7. The van der Waals surface area contributed by atoms with Crippen LogP contribution >= 0.6 is 0 Å². The Bertz CT molecular complexity index is 406. The van der Waals surface area contributed by atoms with Gasteiger partial charge in [0.25, 0.3) is 5.91 Å². The highest BCUT2D eigenvalue weighted by molar-refractivity contribution is 5.80. The number of rotatable bonds is 8. The fourth-order valence-corrected chi connectivity index (χ4v) is 1.71. The normalized spacial score (nSPS) is 13.6. The average Bonchev–Trinajstić information content (AvgIpc) is 2.47. The van der Waals surface area contributed by atoms with Gasteiger partial charge in [-0.05, 0) is 31.0 Å². The molecule has 0 aromatic heterocycles. The summed E-state index contributed by atoms with van der Waals surface area (Å²) in [5.74, 6) is 0.503. The first-order valence-corrected chi connectivity index (χ1v) is 6.87. The van der Waals surface area contributed by atoms with E-state index in [4.69, 9.17) is 15.2 Å². The molecule has 1 aromatic carbocycles. The van der Waals surface area contributed by atoms with Gasteiger partial charge >= 0.3 is 0 Å². The topological polar surface area (TPSA) is 73.6 Å². The Morgan fingerprint density at radius 1 is 1.35 bits per heavy atom. The van der Waals surface area contributed by atoms with Crippen molar-refractivity contribution in [3.63, 3.8) is 0 Å². The Kier molecular flexibility index (Phi) is 7.04. The summed E-state index contributed by atoms with van der Waals surface area (Å²) in [6.07, 6.45) is 0.343. The summed E-state index contributed by atoms with van der Waals surface area (Å²) >= 11 is 0. The predicted molar refractivity (Wildman–Crippen MR) is 78.6 cm³/mol. The number of hydrogen-bond acceptors (Lipinski definition) is 4. The zero-order valence-electron chi connectivity index (χ0n) is 12.4. The minimum atomic E-state index is -0.544. The summed E-state index contributed by atoms with van der Waals surface area (Å²) in [6.45, 7) is 4.73. The van der Waals surface area contributed by atoms with Gasteiger partial charge in [0.2, 0.25) is 0 Å². The molecule has 5 heteroatoms. The number of hydrogen-bond donors (Lipinski definition) is 2. The van der Waals surface area contributed by atoms with Crippen molar-refractivity contribution in [1.29, 1.82) is 0 Å². The lowest BCUT2D eigenvalue weighted by atomic mass is 10.1. The third kappa shape index (κ3) is 5.19. The Labute approximate surface area is 120 Å². The second kappa shape index (κ2) is 8.55. The van der Waals surface area contributed by atoms with Gasteiger partial charge in [-0.3, -0.25) is 4.79 Å². The van der Waals surface area contributed by atoms with E-state index in [-0.39, 0.29) is 11.9 Å². The van der Waals surface area contributed by atoms with Crippen molar-refractivity contribution in [3.05, 3.63) is 29.8 Å². The van der Waals surface area contributed by atoms with E-state index < -0.39 is 6.10 Å². The van der Waals surface area contributed by atoms with Crippen LogP contribution in [0.4, 0.5) is 0 Å². The molecule has 3 N–H and O–H groups in total. The fraction of sp³-hybridized carbons (Fsp3) is 0.533. The Balaban J connectivity index is 2.49. The molecule has 1 aromatic rings. The van der Waals surface area contributed by atoms with Crippen LogP contribution in [0.2, 0.25) is 0 Å². The van der Waals surface area contributed by atoms with Gasteiger partial charge in [0, 0.05) is 19.7 Å². The molecule has 0 bridgehead atoms. The molecule has 0 aliphatic carbocycles. The molecule has 1 rings (SSSR count). The minimum absolute atomic E-state index is 0.0406. The molecule has 112 valence electrons. The van der Waals surface area contributed by atoms with Crippen LogP contribution in [-0.4, -0.2) is 32.3 Å². The maximum atomic E-state index is 11.7. The van der Waals surface area contributed by atoms with E-state index in [2.05, 4.69) is 5.32 Å². The van der Waals surface area contributed by atoms with E-state index in [9.17, 15) is 4.79 Å². The van der Waals surface area contributed by atoms with E-state index in [0.29, 0.717) is 18.9 Å². The Morgan fingerprint density at radius 3 is 2.55 bits per heavy atom. The number of benzene rings is 1. The van der Waals surface area contributed by atoms with Crippen molar-refractivity contribution in [2.24, 2.45) is 5.73 Å². The average molecular weight is 280 g/mol. The SMILES string of the molecule is CC[C@H](N)c1ccc(OC(C)C(=O)NCCOC)cc1. The number of carbonyl (C=O) groups excluding carboxylic acids is 1. The quantitative estimate of drug-likeness (QED) is 0.710. The molecule has 0 saturated carbocycles. The number of methoxy groups -OCH3 is 1. The van der Waals surface area contributed by atoms with Crippen molar-refractivity contribution in [1.82, 2.24) is 5.32 Å². The molecular weight excluding hydrogens is 256 g/mol. The van der Waals surface area contributed by atoms with Gasteiger partial charge in [0.05, 0.1) is 6.61 Å². The first-order valence-electron chi connectivity index (χ1n) is 6.87. The molecule has 5 nitrogen and oxygen atoms in total. The van der Waals surface area contributed by atoms with E-state index >= 15 is 0 Å². The van der Waals surface area contributed by atoms with Crippen LogP contribution in [-0.2, 0) is 9.53 Å². The molecule has 1 unspecified atom stereocenters. The van der Waals surface area contributed by atoms with Gasteiger partial charge in [-0.25, -0.2) is 0 Å². The van der Waals surface area contributed by atoms with Crippen LogP contribution in [0.25, 0.3) is 0 Å². The first kappa shape index (κ1) is 16.5. The second-order valence-corrected chi connectivity index (χ2v) is 4.63. The third-order valence-corrected chi connectivity index (χ3v) is 3.04. The third-order valence-electron chi connectivity index (χ3n) is 3.04. The summed E-state index contributed by atoms with van der Waals surface area (Å²) in [5, 5.41) is 2.73. The van der Waals surface area contributed by atoms with E-state index in [1.807, 2.05) is 31.2 Å². The molecule has 0 heterocycles. The van der Waals surface area contributed by atoms with Gasteiger partial charge < -0.3 is 20.5 Å². The van der Waals surface area contributed by atoms with Crippen molar-refractivity contribution in [2.75, 3.05) is 20.3 Å². The Morgan fingerprint density at radius 2 is 2.00 bits per heavy atom. The number of ether oxygens (including phenoxy) is 2. The molecule has 0 aliphatic rings. The lowest BCUT2D eigenvalue weighted by molar-refractivity contribution is -0.127. The van der Waals surface area contributed by atoms with Gasteiger partial charge in [0.1, 0.15) is 5.75 Å². The largest absolute Gasteiger partial charge is 0.481 e. The fourth-order valence-electron chi connectivity index (χ4n) is 1.71. The first-order chi connectivity index (χ1) is 9.58. The molecule has 0 radical (unpaired) electrons. The van der Waals surface area contributed by atoms with Crippen LogP contribution in [0.15, 0.2) is 24.3 Å². The minimum Gasteiger partial charge on any atom is -0.481 e.